The van der Waals surface area contributed by atoms with Gasteiger partial charge < -0.3 is 10.5 Å². The molecule has 1 aromatic heterocycles. The molecule has 0 spiro atoms. The summed E-state index contributed by atoms with van der Waals surface area (Å²) in [4.78, 5) is 4.16. The lowest BCUT2D eigenvalue weighted by molar-refractivity contribution is 0.299. The standard InChI is InChI=1S/C13H13ClN2O/c1-9-7-10(14)5-6-12(9)17-8-11-3-2-4-13(15)16-11/h2-7H,8H2,1H3,(H2,15,16). The number of nitrogens with zero attached hydrogens (tertiary/aromatic N) is 1. The van der Waals surface area contributed by atoms with Gasteiger partial charge in [-0.2, -0.15) is 0 Å². The Labute approximate surface area is 105 Å². The molecule has 0 radical (unpaired) electrons. The maximum atomic E-state index is 5.87. The van der Waals surface area contributed by atoms with Gasteiger partial charge in [0.05, 0.1) is 5.69 Å². The van der Waals surface area contributed by atoms with Gasteiger partial charge in [0, 0.05) is 5.02 Å². The summed E-state index contributed by atoms with van der Waals surface area (Å²) in [5, 5.41) is 0.705. The van der Waals surface area contributed by atoms with E-state index in [-0.39, 0.29) is 0 Å². The van der Waals surface area contributed by atoms with E-state index in [1.54, 1.807) is 12.1 Å². The number of hydrogen-bond acceptors (Lipinski definition) is 3. The van der Waals surface area contributed by atoms with Crippen LogP contribution in [0.1, 0.15) is 11.3 Å². The molecule has 88 valence electrons. The minimum absolute atomic E-state index is 0.396. The molecule has 1 aromatic carbocycles. The zero-order valence-electron chi connectivity index (χ0n) is 9.48. The van der Waals surface area contributed by atoms with Gasteiger partial charge in [-0.1, -0.05) is 17.7 Å². The molecule has 1 heterocycles. The lowest BCUT2D eigenvalue weighted by Gasteiger charge is -2.09. The lowest BCUT2D eigenvalue weighted by Crippen LogP contribution is -2.01. The summed E-state index contributed by atoms with van der Waals surface area (Å²) < 4.78 is 5.66. The fraction of sp³-hybridized carbons (Fsp3) is 0.154. The predicted molar refractivity (Wildman–Crippen MR) is 69.2 cm³/mol. The van der Waals surface area contributed by atoms with Crippen molar-refractivity contribution in [3.05, 3.63) is 52.7 Å². The van der Waals surface area contributed by atoms with Crippen LogP contribution in [0.15, 0.2) is 36.4 Å². The second-order valence-electron chi connectivity index (χ2n) is 3.75. The van der Waals surface area contributed by atoms with E-state index in [0.717, 1.165) is 17.0 Å². The van der Waals surface area contributed by atoms with Crippen LogP contribution < -0.4 is 10.5 Å². The van der Waals surface area contributed by atoms with Crippen molar-refractivity contribution in [2.24, 2.45) is 0 Å². The van der Waals surface area contributed by atoms with Crippen LogP contribution in [0.2, 0.25) is 5.02 Å². The number of benzene rings is 1. The van der Waals surface area contributed by atoms with E-state index >= 15 is 0 Å². The van der Waals surface area contributed by atoms with Gasteiger partial charge in [-0.25, -0.2) is 4.98 Å². The fourth-order valence-electron chi connectivity index (χ4n) is 1.50. The molecule has 0 unspecified atom stereocenters. The third-order valence-corrected chi connectivity index (χ3v) is 2.58. The Morgan fingerprint density at radius 2 is 2.12 bits per heavy atom. The second-order valence-corrected chi connectivity index (χ2v) is 4.19. The molecular weight excluding hydrogens is 236 g/mol. The predicted octanol–water partition coefficient (Wildman–Crippen LogP) is 3.20. The molecule has 17 heavy (non-hydrogen) atoms. The van der Waals surface area contributed by atoms with Crippen molar-refractivity contribution in [1.29, 1.82) is 0 Å². The van der Waals surface area contributed by atoms with Gasteiger partial charge >= 0.3 is 0 Å². The van der Waals surface area contributed by atoms with Crippen molar-refractivity contribution in [3.63, 3.8) is 0 Å². The Bertz CT molecular complexity index is 529. The average Bonchev–Trinajstić information content (AvgIpc) is 2.28. The van der Waals surface area contributed by atoms with Gasteiger partial charge in [-0.3, -0.25) is 0 Å². The minimum Gasteiger partial charge on any atom is -0.487 e. The molecule has 2 N–H and O–H groups in total. The molecule has 0 amide bonds. The molecule has 0 fully saturated rings. The highest BCUT2D eigenvalue weighted by atomic mass is 35.5. The number of aromatic nitrogens is 1. The first-order valence-corrected chi connectivity index (χ1v) is 5.63. The third-order valence-electron chi connectivity index (χ3n) is 2.34. The smallest absolute Gasteiger partial charge is 0.130 e. The summed E-state index contributed by atoms with van der Waals surface area (Å²) >= 11 is 5.87. The van der Waals surface area contributed by atoms with Gasteiger partial charge in [0.1, 0.15) is 18.2 Å². The molecule has 0 saturated carbocycles. The van der Waals surface area contributed by atoms with E-state index in [9.17, 15) is 0 Å². The molecule has 0 saturated heterocycles. The Kier molecular flexibility index (Phi) is 3.49. The maximum Gasteiger partial charge on any atom is 0.130 e. The largest absolute Gasteiger partial charge is 0.487 e. The van der Waals surface area contributed by atoms with Gasteiger partial charge in [-0.05, 0) is 42.8 Å². The van der Waals surface area contributed by atoms with E-state index < -0.39 is 0 Å². The van der Waals surface area contributed by atoms with Crippen LogP contribution in [0.25, 0.3) is 0 Å². The van der Waals surface area contributed by atoms with E-state index in [1.807, 2.05) is 31.2 Å². The number of rotatable bonds is 3. The van der Waals surface area contributed by atoms with Crippen LogP contribution in [-0.2, 0) is 6.61 Å². The first-order chi connectivity index (χ1) is 8.15. The second kappa shape index (κ2) is 5.06. The zero-order valence-corrected chi connectivity index (χ0v) is 10.2. The van der Waals surface area contributed by atoms with Crippen LogP contribution in [0.5, 0.6) is 5.75 Å². The SMILES string of the molecule is Cc1cc(Cl)ccc1OCc1cccc(N)n1. The monoisotopic (exact) mass is 248 g/mol. The van der Waals surface area contributed by atoms with E-state index in [1.165, 1.54) is 0 Å². The van der Waals surface area contributed by atoms with Crippen molar-refractivity contribution >= 4 is 17.4 Å². The summed E-state index contributed by atoms with van der Waals surface area (Å²) in [5.74, 6) is 1.30. The number of halogens is 1. The fourth-order valence-corrected chi connectivity index (χ4v) is 1.73. The molecule has 3 nitrogen and oxygen atoms in total. The van der Waals surface area contributed by atoms with Crippen molar-refractivity contribution < 1.29 is 4.74 Å². The molecule has 4 heteroatoms. The van der Waals surface area contributed by atoms with Crippen LogP contribution >= 0.6 is 11.6 Å². The molecule has 2 rings (SSSR count). The van der Waals surface area contributed by atoms with Crippen LogP contribution in [0.3, 0.4) is 0 Å². The summed E-state index contributed by atoms with van der Waals surface area (Å²) in [6.45, 7) is 2.35. The number of pyridine rings is 1. The first-order valence-electron chi connectivity index (χ1n) is 5.25. The quantitative estimate of drug-likeness (QED) is 0.907. The van der Waals surface area contributed by atoms with Crippen molar-refractivity contribution in [3.8, 4) is 5.75 Å². The van der Waals surface area contributed by atoms with Crippen LogP contribution in [-0.4, -0.2) is 4.98 Å². The number of hydrogen-bond donors (Lipinski definition) is 1. The van der Waals surface area contributed by atoms with E-state index in [4.69, 9.17) is 22.1 Å². The number of nitrogen functional groups attached to an aromatic ring is 1. The number of ether oxygens (including phenoxy) is 1. The maximum absolute atomic E-state index is 5.87. The molecule has 0 aliphatic carbocycles. The van der Waals surface area contributed by atoms with Gasteiger partial charge in [0.25, 0.3) is 0 Å². The number of nitrogens with two attached hydrogens (primary N) is 1. The number of anilines is 1. The van der Waals surface area contributed by atoms with Crippen molar-refractivity contribution in [1.82, 2.24) is 4.98 Å². The third kappa shape index (κ3) is 3.11. The van der Waals surface area contributed by atoms with Crippen LogP contribution in [0.4, 0.5) is 5.82 Å². The lowest BCUT2D eigenvalue weighted by atomic mass is 10.2. The normalized spacial score (nSPS) is 10.2. The highest BCUT2D eigenvalue weighted by molar-refractivity contribution is 6.30. The van der Waals surface area contributed by atoms with Crippen molar-refractivity contribution in [2.45, 2.75) is 13.5 Å². The zero-order chi connectivity index (χ0) is 12.3. The molecule has 2 aromatic rings. The highest BCUT2D eigenvalue weighted by Crippen LogP contribution is 2.22. The minimum atomic E-state index is 0.396. The number of aryl methyl sites for hydroxylation is 1. The Morgan fingerprint density at radius 3 is 2.82 bits per heavy atom. The Balaban J connectivity index is 2.07. The van der Waals surface area contributed by atoms with Gasteiger partial charge in [0.15, 0.2) is 0 Å². The molecule has 0 bridgehead atoms. The summed E-state index contributed by atoms with van der Waals surface area (Å²) in [6, 6.07) is 11.0. The topological polar surface area (TPSA) is 48.1 Å². The first kappa shape index (κ1) is 11.7. The van der Waals surface area contributed by atoms with E-state index in [2.05, 4.69) is 4.98 Å². The van der Waals surface area contributed by atoms with Gasteiger partial charge in [-0.15, -0.1) is 0 Å². The highest BCUT2D eigenvalue weighted by Gasteiger charge is 2.02. The molecular formula is C13H13ClN2O. The summed E-state index contributed by atoms with van der Waals surface area (Å²) in [5.41, 5.74) is 7.40. The summed E-state index contributed by atoms with van der Waals surface area (Å²) in [7, 11) is 0. The van der Waals surface area contributed by atoms with Gasteiger partial charge in [0.2, 0.25) is 0 Å². The average molecular weight is 249 g/mol. The molecule has 0 aliphatic heterocycles. The summed E-state index contributed by atoms with van der Waals surface area (Å²) in [6.07, 6.45) is 0. The molecule has 0 aliphatic rings. The Morgan fingerprint density at radius 1 is 1.29 bits per heavy atom. The van der Waals surface area contributed by atoms with Crippen LogP contribution in [0, 0.1) is 6.92 Å². The molecule has 0 atom stereocenters. The van der Waals surface area contributed by atoms with Crippen molar-refractivity contribution in [2.75, 3.05) is 5.73 Å². The van der Waals surface area contributed by atoms with E-state index in [0.29, 0.717) is 17.4 Å². The Hall–Kier alpha value is -1.74.